The number of fused-ring (bicyclic) bond motifs is 1. The number of imidazole rings is 1. The molecule has 3 heterocycles. The lowest BCUT2D eigenvalue weighted by molar-refractivity contribution is -0.754. The van der Waals surface area contributed by atoms with E-state index in [9.17, 15) is 10.2 Å². The Balaban J connectivity index is 2.09. The van der Waals surface area contributed by atoms with Gasteiger partial charge in [-0.05, 0) is 6.92 Å². The Kier molecular flexibility index (Phi) is 2.82. The van der Waals surface area contributed by atoms with E-state index in [1.165, 1.54) is 0 Å². The van der Waals surface area contributed by atoms with Crippen molar-refractivity contribution in [1.29, 1.82) is 0 Å². The van der Waals surface area contributed by atoms with Gasteiger partial charge in [0, 0.05) is 0 Å². The molecule has 4 atom stereocenters. The van der Waals surface area contributed by atoms with Crippen molar-refractivity contribution in [1.82, 2.24) is 9.88 Å². The average Bonchev–Trinajstić information content (AvgIpc) is 2.82. The second-order valence-corrected chi connectivity index (χ2v) is 5.12. The van der Waals surface area contributed by atoms with E-state index >= 15 is 0 Å². The molecule has 0 saturated carbocycles. The molecule has 1 aromatic heterocycles. The van der Waals surface area contributed by atoms with Crippen LogP contribution in [0.15, 0.2) is 17.9 Å². The second-order valence-electron chi connectivity index (χ2n) is 5.12. The summed E-state index contributed by atoms with van der Waals surface area (Å²) in [4.78, 5) is 4.24. The van der Waals surface area contributed by atoms with Crippen molar-refractivity contribution in [2.75, 3.05) is 0 Å². The first-order chi connectivity index (χ1) is 9.40. The number of aliphatic hydroxyl groups is 2. The molecule has 2 aliphatic heterocycles. The number of ether oxygens (including phenoxy) is 1. The number of hydrogen-bond acceptors (Lipinski definition) is 6. The molecule has 0 bridgehead atoms. The molecule has 0 radical (unpaired) electrons. The summed E-state index contributed by atoms with van der Waals surface area (Å²) in [5.41, 5.74) is 7.08. The lowest BCUT2D eigenvalue weighted by atomic mass is 10.1. The molecule has 0 spiro atoms. The summed E-state index contributed by atoms with van der Waals surface area (Å²) in [7, 11) is 1.83. The summed E-state index contributed by atoms with van der Waals surface area (Å²) in [6.45, 7) is 5.61. The van der Waals surface area contributed by atoms with Crippen LogP contribution in [0.2, 0.25) is 0 Å². The molecule has 5 N–H and O–H groups in total. The first-order valence-corrected chi connectivity index (χ1v) is 6.32. The molecular weight excluding hydrogens is 262 g/mol. The van der Waals surface area contributed by atoms with Gasteiger partial charge in [-0.3, -0.25) is 4.57 Å². The number of aliphatic imine (C=N–C) groups is 1. The maximum Gasteiger partial charge on any atom is 0.310 e. The Morgan fingerprint density at radius 2 is 2.20 bits per heavy atom. The van der Waals surface area contributed by atoms with Crippen molar-refractivity contribution in [3.05, 3.63) is 18.6 Å². The van der Waals surface area contributed by atoms with Gasteiger partial charge in [0.25, 0.3) is 5.96 Å². The topological polar surface area (TPSA) is 109 Å². The van der Waals surface area contributed by atoms with Crippen LogP contribution in [0.1, 0.15) is 18.8 Å². The summed E-state index contributed by atoms with van der Waals surface area (Å²) in [6.07, 6.45) is -1.39. The smallest absolute Gasteiger partial charge is 0.310 e. The number of aromatic nitrogens is 2. The van der Waals surface area contributed by atoms with Crippen LogP contribution in [-0.2, 0) is 11.8 Å². The van der Waals surface area contributed by atoms with E-state index in [4.69, 9.17) is 10.5 Å². The monoisotopic (exact) mass is 280 g/mol. The predicted molar refractivity (Wildman–Crippen MR) is 70.7 cm³/mol. The summed E-state index contributed by atoms with van der Waals surface area (Å²) in [5.74, 6) is 0.766. The molecule has 0 aromatic carbocycles. The fourth-order valence-corrected chi connectivity index (χ4v) is 2.64. The zero-order valence-electron chi connectivity index (χ0n) is 11.3. The van der Waals surface area contributed by atoms with Crippen molar-refractivity contribution in [3.8, 4) is 0 Å². The van der Waals surface area contributed by atoms with Crippen LogP contribution in [-0.4, -0.2) is 39.1 Å². The van der Waals surface area contributed by atoms with Gasteiger partial charge in [0.1, 0.15) is 12.2 Å². The average molecular weight is 280 g/mol. The fraction of sp³-hybridized carbons (Fsp3) is 0.500. The minimum absolute atomic E-state index is 0.225. The van der Waals surface area contributed by atoms with Crippen LogP contribution in [0.5, 0.6) is 0 Å². The molecule has 8 heteroatoms. The summed E-state index contributed by atoms with van der Waals surface area (Å²) in [6, 6.07) is 0. The lowest BCUT2D eigenvalue weighted by Crippen LogP contribution is -2.46. The van der Waals surface area contributed by atoms with Gasteiger partial charge in [-0.1, -0.05) is 11.6 Å². The molecule has 1 fully saturated rings. The third kappa shape index (κ3) is 1.73. The van der Waals surface area contributed by atoms with E-state index in [-0.39, 0.29) is 5.96 Å². The standard InChI is InChI=1S/C12H18N5O3/c1-5-7-10(15-12(13)14-5)17(4-16(7)3)11-9(19)8(18)6(2)20-11/h4,6,8-9,11,18-19H,1H2,2-3H3,(H3,13,14,15)/q+1/t6-,8?,9?,11-/m1/s1. The number of hydrogen-bond donors (Lipinski definition) is 4. The number of nitrogens with two attached hydrogens (primary N) is 1. The van der Waals surface area contributed by atoms with Crippen molar-refractivity contribution in [3.63, 3.8) is 0 Å². The highest BCUT2D eigenvalue weighted by molar-refractivity contribution is 5.93. The van der Waals surface area contributed by atoms with Crippen LogP contribution in [0.4, 0.5) is 5.82 Å². The van der Waals surface area contributed by atoms with Crippen LogP contribution in [0, 0.1) is 0 Å². The van der Waals surface area contributed by atoms with Gasteiger partial charge < -0.3 is 26.0 Å². The van der Waals surface area contributed by atoms with Gasteiger partial charge in [0.15, 0.2) is 12.0 Å². The predicted octanol–water partition coefficient (Wildman–Crippen LogP) is -1.53. The molecule has 0 amide bonds. The number of aryl methyl sites for hydroxylation is 1. The molecule has 108 valence electrons. The molecule has 0 aliphatic carbocycles. The first kappa shape index (κ1) is 13.1. The van der Waals surface area contributed by atoms with Gasteiger partial charge >= 0.3 is 5.82 Å². The summed E-state index contributed by atoms with van der Waals surface area (Å²) >= 11 is 0. The Bertz CT molecular complexity index is 608. The quantitative estimate of drug-likeness (QED) is 0.467. The molecule has 2 aliphatic rings. The zero-order chi connectivity index (χ0) is 14.6. The molecule has 8 nitrogen and oxygen atoms in total. The van der Waals surface area contributed by atoms with E-state index in [1.54, 1.807) is 17.8 Å². The molecular formula is C12H18N5O3+. The van der Waals surface area contributed by atoms with E-state index in [0.29, 0.717) is 11.5 Å². The van der Waals surface area contributed by atoms with E-state index < -0.39 is 24.5 Å². The maximum atomic E-state index is 10.1. The molecule has 1 saturated heterocycles. The summed E-state index contributed by atoms with van der Waals surface area (Å²) in [5, 5.41) is 22.8. The van der Waals surface area contributed by atoms with Gasteiger partial charge in [-0.2, -0.15) is 0 Å². The van der Waals surface area contributed by atoms with Crippen LogP contribution in [0.25, 0.3) is 5.70 Å². The Morgan fingerprint density at radius 3 is 2.80 bits per heavy atom. The van der Waals surface area contributed by atoms with Crippen LogP contribution >= 0.6 is 0 Å². The highest BCUT2D eigenvalue weighted by Gasteiger charge is 2.46. The Morgan fingerprint density at radius 1 is 1.50 bits per heavy atom. The highest BCUT2D eigenvalue weighted by atomic mass is 16.6. The van der Waals surface area contributed by atoms with Gasteiger partial charge in [-0.25, -0.2) is 4.57 Å². The number of guanidine groups is 1. The maximum absolute atomic E-state index is 10.1. The van der Waals surface area contributed by atoms with Crippen molar-refractivity contribution >= 4 is 17.5 Å². The molecule has 20 heavy (non-hydrogen) atoms. The van der Waals surface area contributed by atoms with Gasteiger partial charge in [-0.15, -0.1) is 0 Å². The second kappa shape index (κ2) is 4.30. The van der Waals surface area contributed by atoms with Crippen LogP contribution in [0.3, 0.4) is 0 Å². The zero-order valence-corrected chi connectivity index (χ0v) is 11.3. The third-order valence-electron chi connectivity index (χ3n) is 3.65. The number of nitrogens with one attached hydrogen (secondary N) is 1. The number of rotatable bonds is 1. The Labute approximate surface area is 115 Å². The van der Waals surface area contributed by atoms with Gasteiger partial charge in [0.2, 0.25) is 6.23 Å². The normalized spacial score (nSPS) is 32.8. The molecule has 3 rings (SSSR count). The first-order valence-electron chi connectivity index (χ1n) is 6.32. The van der Waals surface area contributed by atoms with Crippen molar-refractivity contribution in [2.45, 2.75) is 31.5 Å². The van der Waals surface area contributed by atoms with Crippen molar-refractivity contribution < 1.29 is 19.5 Å². The third-order valence-corrected chi connectivity index (χ3v) is 3.65. The highest BCUT2D eigenvalue weighted by Crippen LogP contribution is 2.30. The summed E-state index contributed by atoms with van der Waals surface area (Å²) < 4.78 is 9.08. The Hall–Kier alpha value is -1.90. The minimum atomic E-state index is -1.03. The number of aliphatic hydroxyl groups excluding tert-OH is 2. The van der Waals surface area contributed by atoms with E-state index in [2.05, 4.69) is 16.9 Å². The van der Waals surface area contributed by atoms with Crippen molar-refractivity contribution in [2.24, 2.45) is 17.8 Å². The molecule has 2 unspecified atom stereocenters. The SMILES string of the molecule is C=C1NC(N)=Nc2c1n(C)c[n+]2[C@@H]1O[C@H](C)C(O)C1O. The molecule has 1 aromatic rings. The lowest BCUT2D eigenvalue weighted by Gasteiger charge is -2.14. The van der Waals surface area contributed by atoms with Crippen LogP contribution < -0.4 is 15.6 Å². The minimum Gasteiger partial charge on any atom is -0.387 e. The van der Waals surface area contributed by atoms with Gasteiger partial charge in [0.05, 0.1) is 18.8 Å². The fourth-order valence-electron chi connectivity index (χ4n) is 2.64. The van der Waals surface area contributed by atoms with E-state index in [1.807, 2.05) is 11.6 Å². The number of nitrogens with zero attached hydrogens (tertiary/aromatic N) is 3. The largest absolute Gasteiger partial charge is 0.387 e. The van der Waals surface area contributed by atoms with E-state index in [0.717, 1.165) is 5.69 Å².